The molecule has 0 saturated carbocycles. The Morgan fingerprint density at radius 2 is 2.20 bits per heavy atom. The van der Waals surface area contributed by atoms with Crippen LogP contribution in [0.15, 0.2) is 0 Å². The minimum absolute atomic E-state index is 0.228. The average Bonchev–Trinajstić information content (AvgIpc) is 2.59. The number of hydrogen-bond donors (Lipinski definition) is 2. The first kappa shape index (κ1) is 10.2. The predicted octanol–water partition coefficient (Wildman–Crippen LogP) is 1.70. The highest BCUT2D eigenvalue weighted by molar-refractivity contribution is 5.66. The molecule has 82 valence electrons. The van der Waals surface area contributed by atoms with Gasteiger partial charge in [0.05, 0.1) is 5.69 Å². The lowest BCUT2D eigenvalue weighted by Gasteiger charge is -2.07. The molecular formula is C11H16N2O2. The van der Waals surface area contributed by atoms with Gasteiger partial charge in [-0.1, -0.05) is 0 Å². The second-order valence-corrected chi connectivity index (χ2v) is 4.06. The molecule has 15 heavy (non-hydrogen) atoms. The van der Waals surface area contributed by atoms with E-state index in [1.165, 1.54) is 24.2 Å². The molecule has 1 aromatic rings. The number of hydrogen-bond acceptors (Lipinski definition) is 2. The summed E-state index contributed by atoms with van der Waals surface area (Å²) in [5.41, 5.74) is 2.47. The Labute approximate surface area is 88.7 Å². The number of carbonyl (C=O) groups is 1. The van der Waals surface area contributed by atoms with Gasteiger partial charge in [0.25, 0.3) is 0 Å². The summed E-state index contributed by atoms with van der Waals surface area (Å²) in [5.74, 6) is 0.231. The number of aryl methyl sites for hydroxylation is 3. The third-order valence-electron chi connectivity index (χ3n) is 2.81. The van der Waals surface area contributed by atoms with Crippen molar-refractivity contribution in [2.45, 2.75) is 44.9 Å². The third-order valence-corrected chi connectivity index (χ3v) is 2.81. The first-order valence-corrected chi connectivity index (χ1v) is 5.54. The zero-order chi connectivity index (χ0) is 10.7. The van der Waals surface area contributed by atoms with Crippen molar-refractivity contribution in [3.8, 4) is 0 Å². The minimum atomic E-state index is -0.730. The summed E-state index contributed by atoms with van der Waals surface area (Å²) >= 11 is 0. The van der Waals surface area contributed by atoms with Gasteiger partial charge in [-0.3, -0.25) is 4.79 Å². The van der Waals surface area contributed by atoms with Gasteiger partial charge in [0, 0.05) is 18.5 Å². The number of rotatable bonds is 4. The summed E-state index contributed by atoms with van der Waals surface area (Å²) in [5, 5.41) is 8.52. The van der Waals surface area contributed by atoms with E-state index in [4.69, 9.17) is 5.11 Å². The molecule has 0 aliphatic heterocycles. The zero-order valence-electron chi connectivity index (χ0n) is 8.75. The van der Waals surface area contributed by atoms with Gasteiger partial charge >= 0.3 is 5.97 Å². The van der Waals surface area contributed by atoms with Crippen LogP contribution in [0.1, 0.15) is 42.9 Å². The molecule has 0 atom stereocenters. The predicted molar refractivity (Wildman–Crippen MR) is 55.8 cm³/mol. The lowest BCUT2D eigenvalue weighted by molar-refractivity contribution is -0.137. The normalized spacial score (nSPS) is 14.9. The van der Waals surface area contributed by atoms with Gasteiger partial charge in [-0.15, -0.1) is 0 Å². The third kappa shape index (κ3) is 2.58. The van der Waals surface area contributed by atoms with Gasteiger partial charge in [-0.05, 0) is 32.1 Å². The Hall–Kier alpha value is -1.32. The zero-order valence-corrected chi connectivity index (χ0v) is 8.75. The Morgan fingerprint density at radius 3 is 2.93 bits per heavy atom. The quantitative estimate of drug-likeness (QED) is 0.791. The van der Waals surface area contributed by atoms with E-state index < -0.39 is 5.97 Å². The van der Waals surface area contributed by atoms with Gasteiger partial charge in [-0.25, -0.2) is 4.98 Å². The number of aliphatic carboxylic acids is 1. The number of aromatic amines is 1. The number of fused-ring (bicyclic) bond motifs is 1. The monoisotopic (exact) mass is 208 g/mol. The summed E-state index contributed by atoms with van der Waals surface area (Å²) in [7, 11) is 0. The summed E-state index contributed by atoms with van der Waals surface area (Å²) in [6.07, 6.45) is 6.29. The van der Waals surface area contributed by atoms with E-state index in [2.05, 4.69) is 9.97 Å². The SMILES string of the molecule is O=C(O)CCCc1nc2c([nH]1)CCCC2. The van der Waals surface area contributed by atoms with Crippen molar-refractivity contribution in [2.24, 2.45) is 0 Å². The fourth-order valence-corrected chi connectivity index (χ4v) is 2.04. The van der Waals surface area contributed by atoms with Crippen LogP contribution in [0, 0.1) is 0 Å². The Balaban J connectivity index is 1.92. The number of carboxylic acids is 1. The van der Waals surface area contributed by atoms with Crippen molar-refractivity contribution in [1.82, 2.24) is 9.97 Å². The summed E-state index contributed by atoms with van der Waals surface area (Å²) in [4.78, 5) is 18.2. The number of nitrogens with one attached hydrogen (secondary N) is 1. The van der Waals surface area contributed by atoms with Gasteiger partial charge in [0.2, 0.25) is 0 Å². The number of nitrogens with zero attached hydrogens (tertiary/aromatic N) is 1. The van der Waals surface area contributed by atoms with Crippen LogP contribution in [0.25, 0.3) is 0 Å². The van der Waals surface area contributed by atoms with Crippen LogP contribution in [-0.4, -0.2) is 21.0 Å². The molecule has 0 radical (unpaired) electrons. The number of H-pyrrole nitrogens is 1. The molecule has 1 aliphatic carbocycles. The van der Waals surface area contributed by atoms with Crippen molar-refractivity contribution < 1.29 is 9.90 Å². The van der Waals surface area contributed by atoms with E-state index in [-0.39, 0.29) is 6.42 Å². The van der Waals surface area contributed by atoms with Crippen molar-refractivity contribution in [3.63, 3.8) is 0 Å². The first-order chi connectivity index (χ1) is 7.25. The molecule has 0 saturated heterocycles. The minimum Gasteiger partial charge on any atom is -0.481 e. The Kier molecular flexibility index (Phi) is 3.04. The second kappa shape index (κ2) is 4.47. The molecule has 2 rings (SSSR count). The first-order valence-electron chi connectivity index (χ1n) is 5.54. The number of imidazole rings is 1. The van der Waals surface area contributed by atoms with Crippen LogP contribution >= 0.6 is 0 Å². The topological polar surface area (TPSA) is 66.0 Å². The van der Waals surface area contributed by atoms with Gasteiger partial charge in [-0.2, -0.15) is 0 Å². The van der Waals surface area contributed by atoms with Gasteiger partial charge in [0.1, 0.15) is 5.82 Å². The largest absolute Gasteiger partial charge is 0.481 e. The van der Waals surface area contributed by atoms with Crippen LogP contribution < -0.4 is 0 Å². The fourth-order valence-electron chi connectivity index (χ4n) is 2.04. The average molecular weight is 208 g/mol. The lowest BCUT2D eigenvalue weighted by Crippen LogP contribution is -2.00. The van der Waals surface area contributed by atoms with Crippen LogP contribution in [0.4, 0.5) is 0 Å². The summed E-state index contributed by atoms with van der Waals surface area (Å²) in [6.45, 7) is 0. The highest BCUT2D eigenvalue weighted by Gasteiger charge is 2.13. The van der Waals surface area contributed by atoms with E-state index in [1.54, 1.807) is 0 Å². The fraction of sp³-hybridized carbons (Fsp3) is 0.636. The van der Waals surface area contributed by atoms with E-state index in [0.29, 0.717) is 6.42 Å². The van der Waals surface area contributed by atoms with E-state index in [9.17, 15) is 4.79 Å². The molecule has 4 heteroatoms. The highest BCUT2D eigenvalue weighted by atomic mass is 16.4. The van der Waals surface area contributed by atoms with Crippen molar-refractivity contribution in [2.75, 3.05) is 0 Å². The molecule has 1 aromatic heterocycles. The lowest BCUT2D eigenvalue weighted by atomic mass is 10.0. The molecule has 0 bridgehead atoms. The van der Waals surface area contributed by atoms with Gasteiger partial charge in [0.15, 0.2) is 0 Å². The standard InChI is InChI=1S/C11H16N2O2/c14-11(15)7-3-6-10-12-8-4-1-2-5-9(8)13-10/h1-7H2,(H,12,13)(H,14,15). The molecule has 4 nitrogen and oxygen atoms in total. The highest BCUT2D eigenvalue weighted by Crippen LogP contribution is 2.19. The van der Waals surface area contributed by atoms with Crippen molar-refractivity contribution in [3.05, 3.63) is 17.2 Å². The summed E-state index contributed by atoms with van der Waals surface area (Å²) < 4.78 is 0. The number of carboxylic acid groups (broad SMARTS) is 1. The summed E-state index contributed by atoms with van der Waals surface area (Å²) in [6, 6.07) is 0. The molecule has 0 amide bonds. The molecule has 0 spiro atoms. The van der Waals surface area contributed by atoms with Gasteiger partial charge < -0.3 is 10.1 Å². The maximum absolute atomic E-state index is 10.4. The molecule has 2 N–H and O–H groups in total. The van der Waals surface area contributed by atoms with E-state index in [0.717, 1.165) is 25.1 Å². The maximum Gasteiger partial charge on any atom is 0.303 e. The van der Waals surface area contributed by atoms with Crippen molar-refractivity contribution >= 4 is 5.97 Å². The van der Waals surface area contributed by atoms with Crippen molar-refractivity contribution in [1.29, 1.82) is 0 Å². The van der Waals surface area contributed by atoms with E-state index >= 15 is 0 Å². The molecule has 0 aromatic carbocycles. The Morgan fingerprint density at radius 1 is 1.40 bits per heavy atom. The second-order valence-electron chi connectivity index (χ2n) is 4.06. The van der Waals surface area contributed by atoms with Crippen LogP contribution in [0.2, 0.25) is 0 Å². The van der Waals surface area contributed by atoms with E-state index in [1.807, 2.05) is 0 Å². The maximum atomic E-state index is 10.4. The molecule has 1 heterocycles. The molecule has 0 fully saturated rings. The van der Waals surface area contributed by atoms with Crippen LogP contribution in [0.3, 0.4) is 0 Å². The molecular weight excluding hydrogens is 192 g/mol. The number of aromatic nitrogens is 2. The Bertz CT molecular complexity index is 334. The van der Waals surface area contributed by atoms with Crippen LogP contribution in [-0.2, 0) is 24.1 Å². The molecule has 1 aliphatic rings. The molecule has 0 unspecified atom stereocenters. The van der Waals surface area contributed by atoms with Crippen LogP contribution in [0.5, 0.6) is 0 Å². The smallest absolute Gasteiger partial charge is 0.303 e.